The highest BCUT2D eigenvalue weighted by atomic mass is 16.5. The number of nitrogens with zero attached hydrogens (tertiary/aromatic N) is 1. The quantitative estimate of drug-likeness (QED) is 0.388. The number of benzene rings is 3. The smallest absolute Gasteiger partial charge is 0.354 e. The maximum absolute atomic E-state index is 13.6. The van der Waals surface area contributed by atoms with Gasteiger partial charge in [-0.15, -0.1) is 0 Å². The Bertz CT molecular complexity index is 1310. The van der Waals surface area contributed by atoms with Crippen LogP contribution in [-0.4, -0.2) is 39.9 Å². The van der Waals surface area contributed by atoms with Crippen molar-refractivity contribution in [3.8, 4) is 11.5 Å². The third-order valence-electron chi connectivity index (χ3n) is 6.10. The van der Waals surface area contributed by atoms with Crippen molar-refractivity contribution in [3.05, 3.63) is 107 Å². The lowest BCUT2D eigenvalue weighted by atomic mass is 9.83. The van der Waals surface area contributed by atoms with Gasteiger partial charge in [-0.2, -0.15) is 0 Å². The summed E-state index contributed by atoms with van der Waals surface area (Å²) in [5.41, 5.74) is 3.42. The summed E-state index contributed by atoms with van der Waals surface area (Å²) in [6, 6.07) is 24.1. The van der Waals surface area contributed by atoms with Gasteiger partial charge in [0.15, 0.2) is 0 Å². The summed E-state index contributed by atoms with van der Waals surface area (Å²) in [5.74, 6) is -0.242. The van der Waals surface area contributed by atoms with Crippen LogP contribution in [0.15, 0.2) is 96.2 Å². The third kappa shape index (κ3) is 5.21. The number of ether oxygens (including phenoxy) is 4. The molecule has 0 radical (unpaired) electrons. The van der Waals surface area contributed by atoms with Crippen molar-refractivity contribution in [2.24, 2.45) is 0 Å². The highest BCUT2D eigenvalue weighted by Crippen LogP contribution is 2.44. The molecule has 1 unspecified atom stereocenters. The average Bonchev–Trinajstić information content (AvgIpc) is 2.96. The molecule has 0 bridgehead atoms. The first kappa shape index (κ1) is 25.6. The van der Waals surface area contributed by atoms with Crippen molar-refractivity contribution in [3.63, 3.8) is 0 Å². The van der Waals surface area contributed by atoms with Gasteiger partial charge in [-0.1, -0.05) is 42.5 Å². The molecule has 190 valence electrons. The van der Waals surface area contributed by atoms with Crippen LogP contribution in [0.4, 0.5) is 5.69 Å². The number of allylic oxidation sites excluding steroid dienone is 1. The number of methoxy groups -OCH3 is 3. The van der Waals surface area contributed by atoms with Crippen LogP contribution in [-0.2, 0) is 19.1 Å². The molecular weight excluding hydrogens is 470 g/mol. The second kappa shape index (κ2) is 11.5. The summed E-state index contributed by atoms with van der Waals surface area (Å²) in [6.07, 6.45) is 1.75. The van der Waals surface area contributed by atoms with Crippen molar-refractivity contribution in [2.45, 2.75) is 12.8 Å². The maximum atomic E-state index is 13.6. The number of carbonyl (C=O) groups excluding carboxylic acids is 2. The number of rotatable bonds is 8. The molecule has 0 fully saturated rings. The lowest BCUT2D eigenvalue weighted by Crippen LogP contribution is -2.34. The van der Waals surface area contributed by atoms with Gasteiger partial charge >= 0.3 is 11.9 Å². The molecule has 7 heteroatoms. The van der Waals surface area contributed by atoms with Crippen LogP contribution in [0.25, 0.3) is 5.70 Å². The molecule has 4 rings (SSSR count). The fourth-order valence-electron chi connectivity index (χ4n) is 4.35. The Kier molecular flexibility index (Phi) is 7.93. The van der Waals surface area contributed by atoms with Crippen LogP contribution < -0.4 is 14.4 Å². The van der Waals surface area contributed by atoms with Gasteiger partial charge in [0.05, 0.1) is 39.2 Å². The Morgan fingerprint density at radius 1 is 0.784 bits per heavy atom. The molecule has 1 aliphatic heterocycles. The predicted molar refractivity (Wildman–Crippen MR) is 141 cm³/mol. The molecule has 1 atom stereocenters. The Morgan fingerprint density at radius 2 is 1.38 bits per heavy atom. The summed E-state index contributed by atoms with van der Waals surface area (Å²) < 4.78 is 21.4. The number of hydrogen-bond acceptors (Lipinski definition) is 7. The molecule has 0 aliphatic carbocycles. The van der Waals surface area contributed by atoms with E-state index in [0.717, 1.165) is 11.1 Å². The van der Waals surface area contributed by atoms with Gasteiger partial charge in [0.1, 0.15) is 17.2 Å². The van der Waals surface area contributed by atoms with Gasteiger partial charge in [-0.05, 0) is 60.5 Å². The first-order chi connectivity index (χ1) is 18.0. The van der Waals surface area contributed by atoms with Crippen molar-refractivity contribution >= 4 is 23.3 Å². The second-order valence-electron chi connectivity index (χ2n) is 8.18. The van der Waals surface area contributed by atoms with Crippen molar-refractivity contribution in [1.82, 2.24) is 0 Å². The highest BCUT2D eigenvalue weighted by Gasteiger charge is 2.38. The molecule has 1 heterocycles. The summed E-state index contributed by atoms with van der Waals surface area (Å²) in [4.78, 5) is 28.6. The number of carbonyl (C=O) groups is 2. The van der Waals surface area contributed by atoms with E-state index >= 15 is 0 Å². The fourth-order valence-corrected chi connectivity index (χ4v) is 4.35. The molecule has 0 aromatic heterocycles. The van der Waals surface area contributed by atoms with Gasteiger partial charge in [0.2, 0.25) is 0 Å². The molecule has 3 aromatic carbocycles. The zero-order valence-electron chi connectivity index (χ0n) is 21.3. The zero-order valence-corrected chi connectivity index (χ0v) is 21.3. The Balaban J connectivity index is 2.05. The van der Waals surface area contributed by atoms with Crippen LogP contribution in [0, 0.1) is 0 Å². The van der Waals surface area contributed by atoms with E-state index in [-0.39, 0.29) is 12.3 Å². The number of esters is 2. The Labute approximate surface area is 216 Å². The number of anilines is 1. The minimum Gasteiger partial charge on any atom is -0.497 e. The minimum atomic E-state index is -0.580. The molecule has 3 aromatic rings. The average molecular weight is 500 g/mol. The summed E-state index contributed by atoms with van der Waals surface area (Å²) in [6.45, 7) is 1.97. The number of hydrogen-bond donors (Lipinski definition) is 0. The van der Waals surface area contributed by atoms with Crippen LogP contribution in [0.1, 0.15) is 24.0 Å². The normalized spacial score (nSPS) is 15.1. The third-order valence-corrected chi connectivity index (χ3v) is 6.10. The minimum absolute atomic E-state index is 0.204. The molecule has 0 saturated carbocycles. The zero-order chi connectivity index (χ0) is 26.4. The van der Waals surface area contributed by atoms with Crippen LogP contribution in [0.2, 0.25) is 0 Å². The Hall–Kier alpha value is -4.52. The van der Waals surface area contributed by atoms with E-state index in [0.29, 0.717) is 28.5 Å². The first-order valence-corrected chi connectivity index (χ1v) is 11.9. The molecule has 0 saturated heterocycles. The van der Waals surface area contributed by atoms with E-state index in [1.807, 2.05) is 66.7 Å². The Morgan fingerprint density at radius 3 is 1.92 bits per heavy atom. The van der Waals surface area contributed by atoms with E-state index in [9.17, 15) is 9.59 Å². The van der Waals surface area contributed by atoms with Gasteiger partial charge in [0, 0.05) is 11.6 Å². The second-order valence-corrected chi connectivity index (χ2v) is 8.18. The van der Waals surface area contributed by atoms with Gasteiger partial charge in [0.25, 0.3) is 0 Å². The molecule has 0 N–H and O–H groups in total. The van der Waals surface area contributed by atoms with Crippen LogP contribution in [0.3, 0.4) is 0 Å². The molecule has 7 nitrogen and oxygen atoms in total. The topological polar surface area (TPSA) is 74.3 Å². The molecule has 0 amide bonds. The molecular formula is C30H29NO6. The largest absolute Gasteiger partial charge is 0.497 e. The van der Waals surface area contributed by atoms with E-state index in [1.165, 1.54) is 7.11 Å². The predicted octanol–water partition coefficient (Wildman–Crippen LogP) is 5.34. The first-order valence-electron chi connectivity index (χ1n) is 11.9. The summed E-state index contributed by atoms with van der Waals surface area (Å²) >= 11 is 0. The lowest BCUT2D eigenvalue weighted by molar-refractivity contribution is -0.139. The standard InChI is InChI=1S/C30H29NO6/c1-5-37-30(33)27-25(20-11-15-23(34-2)16-12-20)19-26(29(32)36-4)31(22-13-17-24(35-3)18-14-22)28(27)21-9-7-6-8-10-21/h6-19,25H,5H2,1-4H3. The van der Waals surface area contributed by atoms with Crippen molar-refractivity contribution < 1.29 is 28.5 Å². The SMILES string of the molecule is CCOC(=O)C1=C(c2ccccc2)N(c2ccc(OC)cc2)C(C(=O)OC)=CC1c1ccc(OC)cc1. The monoisotopic (exact) mass is 499 g/mol. The molecule has 0 spiro atoms. The maximum Gasteiger partial charge on any atom is 0.354 e. The van der Waals surface area contributed by atoms with Crippen molar-refractivity contribution in [1.29, 1.82) is 0 Å². The van der Waals surface area contributed by atoms with Crippen molar-refractivity contribution in [2.75, 3.05) is 32.8 Å². The van der Waals surface area contributed by atoms with E-state index in [1.54, 1.807) is 44.3 Å². The van der Waals surface area contributed by atoms with Crippen LogP contribution in [0.5, 0.6) is 11.5 Å². The van der Waals surface area contributed by atoms with Gasteiger partial charge in [-0.25, -0.2) is 9.59 Å². The van der Waals surface area contributed by atoms with E-state index in [4.69, 9.17) is 18.9 Å². The van der Waals surface area contributed by atoms with E-state index in [2.05, 4.69) is 0 Å². The van der Waals surface area contributed by atoms with Gasteiger partial charge in [-0.3, -0.25) is 0 Å². The van der Waals surface area contributed by atoms with Crippen LogP contribution >= 0.6 is 0 Å². The van der Waals surface area contributed by atoms with Gasteiger partial charge < -0.3 is 23.8 Å². The lowest BCUT2D eigenvalue weighted by Gasteiger charge is -2.36. The molecule has 1 aliphatic rings. The highest BCUT2D eigenvalue weighted by molar-refractivity contribution is 6.09. The molecule has 37 heavy (non-hydrogen) atoms. The van der Waals surface area contributed by atoms with E-state index < -0.39 is 17.9 Å². The summed E-state index contributed by atoms with van der Waals surface area (Å²) in [5, 5.41) is 0. The summed E-state index contributed by atoms with van der Waals surface area (Å²) in [7, 11) is 4.52. The fraction of sp³-hybridized carbons (Fsp3) is 0.200.